The molecule has 6 heteroatoms. The molecular weight excluding hydrogens is 304 g/mol. The van der Waals surface area contributed by atoms with Gasteiger partial charge in [-0.05, 0) is 24.3 Å². The lowest BCUT2D eigenvalue weighted by Gasteiger charge is -2.10. The van der Waals surface area contributed by atoms with Crippen molar-refractivity contribution >= 4 is 17.7 Å². The molecule has 0 bridgehead atoms. The number of benzene rings is 2. The van der Waals surface area contributed by atoms with E-state index in [9.17, 15) is 4.79 Å². The molecule has 24 heavy (non-hydrogen) atoms. The number of aromatic nitrogens is 2. The Labute approximate surface area is 138 Å². The van der Waals surface area contributed by atoms with Crippen LogP contribution in [0, 0.1) is 5.41 Å². The first-order valence-electron chi connectivity index (χ1n) is 7.32. The Morgan fingerprint density at radius 1 is 1.17 bits per heavy atom. The zero-order chi connectivity index (χ0) is 16.9. The van der Waals surface area contributed by atoms with Gasteiger partial charge in [0.05, 0.1) is 7.11 Å². The van der Waals surface area contributed by atoms with Crippen LogP contribution in [0.4, 0.5) is 11.5 Å². The average Bonchev–Trinajstić information content (AvgIpc) is 2.62. The number of para-hydroxylation sites is 1. The molecule has 0 saturated heterocycles. The van der Waals surface area contributed by atoms with E-state index in [4.69, 9.17) is 10.1 Å². The highest BCUT2D eigenvalue weighted by Crippen LogP contribution is 2.23. The summed E-state index contributed by atoms with van der Waals surface area (Å²) in [5.74, 6) is 1.41. The van der Waals surface area contributed by atoms with E-state index in [1.807, 2.05) is 48.5 Å². The fourth-order valence-electron chi connectivity index (χ4n) is 2.28. The third-order valence-corrected chi connectivity index (χ3v) is 3.48. The summed E-state index contributed by atoms with van der Waals surface area (Å²) in [6, 6.07) is 16.6. The zero-order valence-corrected chi connectivity index (χ0v) is 13.0. The number of anilines is 2. The summed E-state index contributed by atoms with van der Waals surface area (Å²) in [6.45, 7) is 0. The summed E-state index contributed by atoms with van der Waals surface area (Å²) >= 11 is 0. The molecular formula is C18H16N4O2. The van der Waals surface area contributed by atoms with E-state index in [2.05, 4.69) is 15.3 Å². The highest BCUT2D eigenvalue weighted by atomic mass is 16.5. The lowest BCUT2D eigenvalue weighted by atomic mass is 10.2. The van der Waals surface area contributed by atoms with Crippen LogP contribution < -0.4 is 15.6 Å². The molecule has 0 spiro atoms. The molecule has 6 nitrogen and oxygen atoms in total. The van der Waals surface area contributed by atoms with Crippen molar-refractivity contribution in [2.24, 2.45) is 0 Å². The van der Waals surface area contributed by atoms with Crippen LogP contribution in [-0.2, 0) is 0 Å². The summed E-state index contributed by atoms with van der Waals surface area (Å²) in [5.41, 5.74) is 1.30. The van der Waals surface area contributed by atoms with Crippen LogP contribution in [0.2, 0.25) is 0 Å². The first-order valence-corrected chi connectivity index (χ1v) is 7.32. The number of aromatic amines is 1. The van der Waals surface area contributed by atoms with E-state index in [0.717, 1.165) is 17.5 Å². The largest absolute Gasteiger partial charge is 0.497 e. The molecule has 0 atom stereocenters. The molecule has 2 aromatic carbocycles. The number of nitrogens with zero attached hydrogens (tertiary/aromatic N) is 1. The first-order chi connectivity index (χ1) is 11.7. The second-order valence-electron chi connectivity index (χ2n) is 5.04. The Kier molecular flexibility index (Phi) is 4.38. The number of H-pyrrole nitrogens is 1. The van der Waals surface area contributed by atoms with Crippen LogP contribution in [0.1, 0.15) is 5.56 Å². The number of hydrogen-bond donors (Lipinski definition) is 3. The quantitative estimate of drug-likeness (QED) is 0.630. The number of ether oxygens (including phenoxy) is 1. The van der Waals surface area contributed by atoms with Crippen LogP contribution in [-0.4, -0.2) is 23.3 Å². The smallest absolute Gasteiger partial charge is 0.262 e. The topological polar surface area (TPSA) is 90.9 Å². The molecule has 3 rings (SSSR count). The van der Waals surface area contributed by atoms with Crippen LogP contribution in [0.5, 0.6) is 5.75 Å². The van der Waals surface area contributed by atoms with Gasteiger partial charge in [0.2, 0.25) is 0 Å². The SMILES string of the molecule is COc1cccc(-c2nc(Nc3ccccc3)c(C=N)c(=O)[nH]2)c1. The number of nitrogens with one attached hydrogen (secondary N) is 3. The maximum absolute atomic E-state index is 12.3. The number of rotatable bonds is 5. The summed E-state index contributed by atoms with van der Waals surface area (Å²) in [7, 11) is 1.58. The van der Waals surface area contributed by atoms with Crippen molar-refractivity contribution in [3.05, 3.63) is 70.5 Å². The standard InChI is InChI=1S/C18H16N4O2/c1-24-14-9-5-6-12(10-14)16-21-17(15(11-19)18(23)22-16)20-13-7-3-2-4-8-13/h2-11,19H,1H3,(H2,20,21,22,23). The second kappa shape index (κ2) is 6.78. The Bertz CT molecular complexity index is 920. The van der Waals surface area contributed by atoms with Crippen molar-refractivity contribution in [3.8, 4) is 17.1 Å². The molecule has 120 valence electrons. The van der Waals surface area contributed by atoms with Crippen molar-refractivity contribution in [3.63, 3.8) is 0 Å². The van der Waals surface area contributed by atoms with Crippen molar-refractivity contribution in [2.75, 3.05) is 12.4 Å². The van der Waals surface area contributed by atoms with E-state index < -0.39 is 0 Å². The molecule has 0 amide bonds. The third kappa shape index (κ3) is 3.17. The normalized spacial score (nSPS) is 10.2. The van der Waals surface area contributed by atoms with Gasteiger partial charge in [-0.1, -0.05) is 30.3 Å². The van der Waals surface area contributed by atoms with Gasteiger partial charge in [0.1, 0.15) is 23.0 Å². The summed E-state index contributed by atoms with van der Waals surface area (Å²) in [5, 5.41) is 10.6. The zero-order valence-electron chi connectivity index (χ0n) is 13.0. The van der Waals surface area contributed by atoms with Gasteiger partial charge in [-0.25, -0.2) is 4.98 Å². The van der Waals surface area contributed by atoms with Crippen LogP contribution >= 0.6 is 0 Å². The minimum Gasteiger partial charge on any atom is -0.497 e. The highest BCUT2D eigenvalue weighted by molar-refractivity contribution is 5.85. The molecule has 0 aliphatic rings. The molecule has 0 radical (unpaired) electrons. The fourth-order valence-corrected chi connectivity index (χ4v) is 2.28. The third-order valence-electron chi connectivity index (χ3n) is 3.48. The fraction of sp³-hybridized carbons (Fsp3) is 0.0556. The van der Waals surface area contributed by atoms with Crippen LogP contribution in [0.15, 0.2) is 59.4 Å². The molecule has 0 aliphatic heterocycles. The summed E-state index contributed by atoms with van der Waals surface area (Å²) < 4.78 is 5.21. The number of methoxy groups -OCH3 is 1. The van der Waals surface area contributed by atoms with Gasteiger partial charge < -0.3 is 20.4 Å². The van der Waals surface area contributed by atoms with E-state index in [0.29, 0.717) is 17.4 Å². The van der Waals surface area contributed by atoms with Gasteiger partial charge in [0.25, 0.3) is 5.56 Å². The van der Waals surface area contributed by atoms with Gasteiger partial charge in [-0.15, -0.1) is 0 Å². The Balaban J connectivity index is 2.09. The van der Waals surface area contributed by atoms with Crippen molar-refractivity contribution in [1.82, 2.24) is 9.97 Å². The molecule has 3 aromatic rings. The van der Waals surface area contributed by atoms with Gasteiger partial charge in [-0.2, -0.15) is 0 Å². The predicted molar refractivity (Wildman–Crippen MR) is 94.5 cm³/mol. The van der Waals surface area contributed by atoms with Crippen LogP contribution in [0.3, 0.4) is 0 Å². The number of hydrogen-bond acceptors (Lipinski definition) is 5. The maximum atomic E-state index is 12.3. The summed E-state index contributed by atoms with van der Waals surface area (Å²) in [6.07, 6.45) is 0.993. The summed E-state index contributed by atoms with van der Waals surface area (Å²) in [4.78, 5) is 19.5. The van der Waals surface area contributed by atoms with Gasteiger partial charge in [0, 0.05) is 17.5 Å². The monoisotopic (exact) mass is 320 g/mol. The second-order valence-corrected chi connectivity index (χ2v) is 5.04. The average molecular weight is 320 g/mol. The Morgan fingerprint density at radius 3 is 2.67 bits per heavy atom. The molecule has 1 heterocycles. The van der Waals surface area contributed by atoms with Gasteiger partial charge >= 0.3 is 0 Å². The lowest BCUT2D eigenvalue weighted by Crippen LogP contribution is -2.17. The maximum Gasteiger partial charge on any atom is 0.262 e. The van der Waals surface area contributed by atoms with E-state index >= 15 is 0 Å². The van der Waals surface area contributed by atoms with E-state index in [1.54, 1.807) is 13.2 Å². The van der Waals surface area contributed by atoms with Gasteiger partial charge in [-0.3, -0.25) is 4.79 Å². The Morgan fingerprint density at radius 2 is 1.96 bits per heavy atom. The van der Waals surface area contributed by atoms with Crippen molar-refractivity contribution in [2.45, 2.75) is 0 Å². The minimum atomic E-state index is -0.378. The lowest BCUT2D eigenvalue weighted by molar-refractivity contribution is 0.415. The molecule has 1 aromatic heterocycles. The van der Waals surface area contributed by atoms with Crippen molar-refractivity contribution < 1.29 is 4.74 Å². The first kappa shape index (κ1) is 15.5. The molecule has 0 fully saturated rings. The van der Waals surface area contributed by atoms with Crippen molar-refractivity contribution in [1.29, 1.82) is 5.41 Å². The van der Waals surface area contributed by atoms with E-state index in [-0.39, 0.29) is 11.1 Å². The Hall–Kier alpha value is -3.41. The van der Waals surface area contributed by atoms with Crippen LogP contribution in [0.25, 0.3) is 11.4 Å². The highest BCUT2D eigenvalue weighted by Gasteiger charge is 2.11. The minimum absolute atomic E-state index is 0.172. The van der Waals surface area contributed by atoms with E-state index in [1.165, 1.54) is 0 Å². The molecule has 0 unspecified atom stereocenters. The molecule has 3 N–H and O–H groups in total. The van der Waals surface area contributed by atoms with Gasteiger partial charge in [0.15, 0.2) is 0 Å². The molecule has 0 aliphatic carbocycles. The molecule has 0 saturated carbocycles. The predicted octanol–water partition coefficient (Wildman–Crippen LogP) is 3.19.